The Hall–Kier alpha value is -2.99. The quantitative estimate of drug-likeness (QED) is 0.725. The number of pyridine rings is 1. The predicted molar refractivity (Wildman–Crippen MR) is 114 cm³/mol. The van der Waals surface area contributed by atoms with Crippen molar-refractivity contribution >= 4 is 5.91 Å². The van der Waals surface area contributed by atoms with Crippen LogP contribution in [0, 0.1) is 0 Å². The molecule has 1 aliphatic heterocycles. The Morgan fingerprint density at radius 1 is 1.10 bits per heavy atom. The molecule has 1 aliphatic rings. The van der Waals surface area contributed by atoms with Gasteiger partial charge < -0.3 is 10.2 Å². The monoisotopic (exact) mass is 389 g/mol. The summed E-state index contributed by atoms with van der Waals surface area (Å²) in [4.78, 5) is 19.8. The molecule has 1 aromatic carbocycles. The van der Waals surface area contributed by atoms with E-state index in [1.807, 2.05) is 48.7 Å². The van der Waals surface area contributed by atoms with E-state index in [4.69, 9.17) is 5.10 Å². The molecule has 0 radical (unpaired) electrons. The number of para-hydroxylation sites is 1. The lowest BCUT2D eigenvalue weighted by atomic mass is 10.0. The predicted octanol–water partition coefficient (Wildman–Crippen LogP) is 3.54. The van der Waals surface area contributed by atoms with Crippen LogP contribution in [-0.4, -0.2) is 50.7 Å². The van der Waals surface area contributed by atoms with Crippen LogP contribution in [0.1, 0.15) is 37.0 Å². The Morgan fingerprint density at radius 3 is 2.52 bits per heavy atom. The number of rotatable bonds is 5. The minimum atomic E-state index is -0.0750. The SMILES string of the molecule is CC(C)N1CCC(NC(=O)c2cn(-c3ccccc3)nc2-c2cccnc2)CC1. The van der Waals surface area contributed by atoms with Crippen LogP contribution in [0.3, 0.4) is 0 Å². The van der Waals surface area contributed by atoms with E-state index in [0.717, 1.165) is 37.2 Å². The smallest absolute Gasteiger partial charge is 0.255 e. The molecule has 0 spiro atoms. The van der Waals surface area contributed by atoms with Crippen molar-refractivity contribution in [2.24, 2.45) is 0 Å². The van der Waals surface area contributed by atoms with Gasteiger partial charge in [-0.15, -0.1) is 0 Å². The van der Waals surface area contributed by atoms with Gasteiger partial charge in [0.15, 0.2) is 0 Å². The molecule has 29 heavy (non-hydrogen) atoms. The fourth-order valence-electron chi connectivity index (χ4n) is 3.79. The number of hydrogen-bond acceptors (Lipinski definition) is 4. The molecule has 6 nitrogen and oxygen atoms in total. The molecule has 150 valence electrons. The standard InChI is InChI=1S/C23H27N5O/c1-17(2)27-13-10-19(11-14-27)25-23(29)21-16-28(20-8-4-3-5-9-20)26-22(21)18-7-6-12-24-15-18/h3-9,12,15-17,19H,10-11,13-14H2,1-2H3,(H,25,29). The van der Waals surface area contributed by atoms with Crippen LogP contribution in [-0.2, 0) is 0 Å². The minimum absolute atomic E-state index is 0.0750. The van der Waals surface area contributed by atoms with E-state index in [0.29, 0.717) is 17.3 Å². The van der Waals surface area contributed by atoms with Gasteiger partial charge in [-0.25, -0.2) is 4.68 Å². The van der Waals surface area contributed by atoms with Crippen molar-refractivity contribution in [3.8, 4) is 16.9 Å². The van der Waals surface area contributed by atoms with E-state index in [-0.39, 0.29) is 11.9 Å². The number of likely N-dealkylation sites (tertiary alicyclic amines) is 1. The van der Waals surface area contributed by atoms with E-state index in [9.17, 15) is 4.79 Å². The lowest BCUT2D eigenvalue weighted by Gasteiger charge is -2.34. The molecular weight excluding hydrogens is 362 g/mol. The van der Waals surface area contributed by atoms with Gasteiger partial charge >= 0.3 is 0 Å². The van der Waals surface area contributed by atoms with E-state index in [2.05, 4.69) is 29.0 Å². The Labute approximate surface area is 171 Å². The largest absolute Gasteiger partial charge is 0.349 e. The van der Waals surface area contributed by atoms with Gasteiger partial charge in [0.2, 0.25) is 0 Å². The van der Waals surface area contributed by atoms with Gasteiger partial charge in [0.25, 0.3) is 5.91 Å². The van der Waals surface area contributed by atoms with Gasteiger partial charge in [0.1, 0.15) is 5.69 Å². The Bertz CT molecular complexity index is 944. The van der Waals surface area contributed by atoms with Gasteiger partial charge in [0, 0.05) is 49.3 Å². The third kappa shape index (κ3) is 4.38. The maximum atomic E-state index is 13.2. The van der Waals surface area contributed by atoms with Crippen LogP contribution in [0.15, 0.2) is 61.1 Å². The third-order valence-corrected chi connectivity index (χ3v) is 5.51. The van der Waals surface area contributed by atoms with Crippen molar-refractivity contribution in [1.29, 1.82) is 0 Å². The van der Waals surface area contributed by atoms with Crippen LogP contribution in [0.25, 0.3) is 16.9 Å². The highest BCUT2D eigenvalue weighted by Gasteiger charge is 2.25. The van der Waals surface area contributed by atoms with E-state index < -0.39 is 0 Å². The number of carbonyl (C=O) groups excluding carboxylic acids is 1. The maximum absolute atomic E-state index is 13.2. The summed E-state index contributed by atoms with van der Waals surface area (Å²) >= 11 is 0. The fourth-order valence-corrected chi connectivity index (χ4v) is 3.79. The van der Waals surface area contributed by atoms with E-state index >= 15 is 0 Å². The second-order valence-corrected chi connectivity index (χ2v) is 7.79. The second kappa shape index (κ2) is 8.57. The highest BCUT2D eigenvalue weighted by atomic mass is 16.1. The lowest BCUT2D eigenvalue weighted by Crippen LogP contribution is -2.46. The first-order valence-corrected chi connectivity index (χ1v) is 10.2. The molecule has 0 unspecified atom stereocenters. The molecule has 0 aliphatic carbocycles. The average molecular weight is 390 g/mol. The zero-order valence-electron chi connectivity index (χ0n) is 17.0. The van der Waals surface area contributed by atoms with Crippen LogP contribution in [0.2, 0.25) is 0 Å². The number of aromatic nitrogens is 3. The summed E-state index contributed by atoms with van der Waals surface area (Å²) < 4.78 is 1.76. The van der Waals surface area contributed by atoms with Crippen LogP contribution in [0.4, 0.5) is 0 Å². The number of piperidine rings is 1. The molecule has 0 saturated carbocycles. The number of nitrogens with one attached hydrogen (secondary N) is 1. The number of benzene rings is 1. The van der Waals surface area contributed by atoms with Crippen molar-refractivity contribution in [2.75, 3.05) is 13.1 Å². The number of nitrogens with zero attached hydrogens (tertiary/aromatic N) is 4. The first-order valence-electron chi connectivity index (χ1n) is 10.2. The molecule has 1 N–H and O–H groups in total. The van der Waals surface area contributed by atoms with Crippen molar-refractivity contribution < 1.29 is 4.79 Å². The van der Waals surface area contributed by atoms with E-state index in [1.165, 1.54) is 0 Å². The number of carbonyl (C=O) groups is 1. The highest BCUT2D eigenvalue weighted by molar-refractivity contribution is 6.00. The lowest BCUT2D eigenvalue weighted by molar-refractivity contribution is 0.0901. The topological polar surface area (TPSA) is 63.1 Å². The number of hydrogen-bond donors (Lipinski definition) is 1. The molecule has 3 heterocycles. The van der Waals surface area contributed by atoms with Crippen molar-refractivity contribution in [3.63, 3.8) is 0 Å². The van der Waals surface area contributed by atoms with Gasteiger partial charge in [-0.3, -0.25) is 9.78 Å². The molecule has 2 aromatic heterocycles. The Kier molecular flexibility index (Phi) is 5.71. The van der Waals surface area contributed by atoms with Crippen LogP contribution in [0.5, 0.6) is 0 Å². The summed E-state index contributed by atoms with van der Waals surface area (Å²) in [7, 11) is 0. The van der Waals surface area contributed by atoms with Crippen molar-refractivity contribution in [1.82, 2.24) is 25.0 Å². The molecule has 4 rings (SSSR count). The van der Waals surface area contributed by atoms with Gasteiger partial charge in [-0.05, 0) is 51.0 Å². The highest BCUT2D eigenvalue weighted by Crippen LogP contribution is 2.24. The third-order valence-electron chi connectivity index (χ3n) is 5.51. The minimum Gasteiger partial charge on any atom is -0.349 e. The summed E-state index contributed by atoms with van der Waals surface area (Å²) in [6, 6.07) is 14.4. The molecular formula is C23H27N5O. The summed E-state index contributed by atoms with van der Waals surface area (Å²) in [5.41, 5.74) is 2.98. The first kappa shape index (κ1) is 19.3. The summed E-state index contributed by atoms with van der Waals surface area (Å²) in [6.45, 7) is 6.47. The molecule has 6 heteroatoms. The Balaban J connectivity index is 1.58. The zero-order valence-corrected chi connectivity index (χ0v) is 17.0. The Morgan fingerprint density at radius 2 is 1.86 bits per heavy atom. The molecule has 1 amide bonds. The maximum Gasteiger partial charge on any atom is 0.255 e. The summed E-state index contributed by atoms with van der Waals surface area (Å²) in [5, 5.41) is 7.94. The van der Waals surface area contributed by atoms with E-state index in [1.54, 1.807) is 17.1 Å². The molecule has 0 bridgehead atoms. The van der Waals surface area contributed by atoms with Crippen molar-refractivity contribution in [3.05, 3.63) is 66.6 Å². The first-order chi connectivity index (χ1) is 14.1. The normalized spacial score (nSPS) is 15.6. The van der Waals surface area contributed by atoms with Crippen molar-refractivity contribution in [2.45, 2.75) is 38.8 Å². The van der Waals surface area contributed by atoms with Gasteiger partial charge in [0.05, 0.1) is 11.3 Å². The van der Waals surface area contributed by atoms with Gasteiger partial charge in [-0.2, -0.15) is 5.10 Å². The fraction of sp³-hybridized carbons (Fsp3) is 0.348. The zero-order chi connectivity index (χ0) is 20.2. The molecule has 1 saturated heterocycles. The van der Waals surface area contributed by atoms with Gasteiger partial charge in [-0.1, -0.05) is 18.2 Å². The molecule has 1 fully saturated rings. The molecule has 3 aromatic rings. The van der Waals surface area contributed by atoms with Crippen LogP contribution < -0.4 is 5.32 Å². The second-order valence-electron chi connectivity index (χ2n) is 7.79. The average Bonchev–Trinajstić information content (AvgIpc) is 3.21. The summed E-state index contributed by atoms with van der Waals surface area (Å²) in [6.07, 6.45) is 7.23. The number of amides is 1. The molecule has 0 atom stereocenters. The van der Waals surface area contributed by atoms with Crippen LogP contribution >= 0.6 is 0 Å². The summed E-state index contributed by atoms with van der Waals surface area (Å²) in [5.74, 6) is -0.0750.